The number of methoxy groups -OCH3 is 2. The molecular formula is C17H21ClN4O3. The van der Waals surface area contributed by atoms with Gasteiger partial charge in [0.2, 0.25) is 0 Å². The van der Waals surface area contributed by atoms with E-state index in [1.165, 1.54) is 20.5 Å². The first kappa shape index (κ1) is 18.8. The molecule has 0 radical (unpaired) electrons. The lowest BCUT2D eigenvalue weighted by atomic mass is 10.2. The van der Waals surface area contributed by atoms with E-state index in [9.17, 15) is 4.79 Å². The first-order chi connectivity index (χ1) is 12.0. The smallest absolute Gasteiger partial charge is 0.270 e. The average molecular weight is 365 g/mol. The molecule has 0 saturated carbocycles. The molecule has 2 rings (SSSR count). The Labute approximate surface area is 151 Å². The number of ether oxygens (including phenoxy) is 2. The molecule has 0 spiro atoms. The Morgan fingerprint density at radius 3 is 2.56 bits per heavy atom. The average Bonchev–Trinajstić information content (AvgIpc) is 2.62. The molecular weight excluding hydrogens is 344 g/mol. The van der Waals surface area contributed by atoms with Gasteiger partial charge in [-0.05, 0) is 13.3 Å². The van der Waals surface area contributed by atoms with Crippen LogP contribution in [-0.4, -0.2) is 36.1 Å². The van der Waals surface area contributed by atoms with Crippen LogP contribution in [0.15, 0.2) is 24.5 Å². The van der Waals surface area contributed by atoms with Crippen molar-refractivity contribution in [1.82, 2.24) is 15.3 Å². The van der Waals surface area contributed by atoms with Crippen molar-refractivity contribution in [3.8, 4) is 11.5 Å². The Kier molecular flexibility index (Phi) is 6.41. The summed E-state index contributed by atoms with van der Waals surface area (Å²) in [5, 5.41) is 6.39. The van der Waals surface area contributed by atoms with Gasteiger partial charge in [0.25, 0.3) is 5.91 Å². The Hall–Kier alpha value is -2.54. The number of nitrogens with one attached hydrogen (secondary N) is 2. The third-order valence-electron chi connectivity index (χ3n) is 3.63. The predicted molar refractivity (Wildman–Crippen MR) is 97.1 cm³/mol. The highest BCUT2D eigenvalue weighted by atomic mass is 35.5. The number of aromatic nitrogens is 2. The van der Waals surface area contributed by atoms with Crippen LogP contribution >= 0.6 is 11.6 Å². The molecule has 2 aromatic rings. The van der Waals surface area contributed by atoms with Crippen LogP contribution in [0.5, 0.6) is 11.5 Å². The number of carbonyl (C=O) groups is 1. The Morgan fingerprint density at radius 2 is 1.92 bits per heavy atom. The second-order valence-electron chi connectivity index (χ2n) is 5.38. The van der Waals surface area contributed by atoms with Gasteiger partial charge in [-0.2, -0.15) is 0 Å². The number of hydrogen-bond donors (Lipinski definition) is 2. The van der Waals surface area contributed by atoms with Crippen LogP contribution in [0.3, 0.4) is 0 Å². The molecule has 0 aliphatic carbocycles. The molecule has 1 aromatic carbocycles. The minimum atomic E-state index is -0.250. The van der Waals surface area contributed by atoms with E-state index < -0.39 is 0 Å². The van der Waals surface area contributed by atoms with Gasteiger partial charge in [0.1, 0.15) is 29.3 Å². The van der Waals surface area contributed by atoms with Crippen molar-refractivity contribution < 1.29 is 14.3 Å². The summed E-state index contributed by atoms with van der Waals surface area (Å²) in [7, 11) is 3.06. The summed E-state index contributed by atoms with van der Waals surface area (Å²) in [4.78, 5) is 20.4. The van der Waals surface area contributed by atoms with Gasteiger partial charge in [0, 0.05) is 24.2 Å². The van der Waals surface area contributed by atoms with Crippen LogP contribution in [-0.2, 0) is 0 Å². The van der Waals surface area contributed by atoms with Crippen molar-refractivity contribution in [1.29, 1.82) is 0 Å². The molecule has 2 N–H and O–H groups in total. The molecule has 1 aromatic heterocycles. The maximum absolute atomic E-state index is 12.2. The van der Waals surface area contributed by atoms with Gasteiger partial charge in [-0.1, -0.05) is 18.5 Å². The molecule has 1 atom stereocenters. The lowest BCUT2D eigenvalue weighted by Gasteiger charge is -2.14. The monoisotopic (exact) mass is 364 g/mol. The van der Waals surface area contributed by atoms with Crippen LogP contribution < -0.4 is 20.1 Å². The summed E-state index contributed by atoms with van der Waals surface area (Å²) in [6.07, 6.45) is 2.16. The molecule has 0 bridgehead atoms. The quantitative estimate of drug-likeness (QED) is 0.783. The molecule has 25 heavy (non-hydrogen) atoms. The van der Waals surface area contributed by atoms with E-state index in [4.69, 9.17) is 21.1 Å². The van der Waals surface area contributed by atoms with Crippen LogP contribution in [0.2, 0.25) is 5.02 Å². The minimum Gasteiger partial charge on any atom is -0.495 e. The third-order valence-corrected chi connectivity index (χ3v) is 3.92. The molecule has 0 aliphatic heterocycles. The number of carbonyl (C=O) groups excluding carboxylic acids is 1. The number of nitrogens with zero attached hydrogens (tertiary/aromatic N) is 2. The number of hydrogen-bond acceptors (Lipinski definition) is 6. The molecule has 1 unspecified atom stereocenters. The van der Waals surface area contributed by atoms with Gasteiger partial charge in [-0.3, -0.25) is 4.79 Å². The van der Waals surface area contributed by atoms with E-state index in [0.29, 0.717) is 28.0 Å². The highest BCUT2D eigenvalue weighted by Crippen LogP contribution is 2.37. The summed E-state index contributed by atoms with van der Waals surface area (Å²) < 4.78 is 10.5. The van der Waals surface area contributed by atoms with Crippen molar-refractivity contribution in [2.24, 2.45) is 0 Å². The molecule has 7 nitrogen and oxygen atoms in total. The first-order valence-electron chi connectivity index (χ1n) is 7.79. The van der Waals surface area contributed by atoms with Crippen molar-refractivity contribution in [2.75, 3.05) is 19.5 Å². The summed E-state index contributed by atoms with van der Waals surface area (Å²) in [5.41, 5.74) is 0.883. The van der Waals surface area contributed by atoms with E-state index >= 15 is 0 Å². The van der Waals surface area contributed by atoms with Crippen molar-refractivity contribution >= 4 is 29.0 Å². The van der Waals surface area contributed by atoms with Gasteiger partial charge in [-0.25, -0.2) is 9.97 Å². The predicted octanol–water partition coefficient (Wildman–Crippen LogP) is 3.42. The highest BCUT2D eigenvalue weighted by Gasteiger charge is 2.14. The van der Waals surface area contributed by atoms with Gasteiger partial charge >= 0.3 is 0 Å². The van der Waals surface area contributed by atoms with E-state index in [1.54, 1.807) is 18.2 Å². The van der Waals surface area contributed by atoms with Crippen molar-refractivity contribution in [3.05, 3.63) is 35.2 Å². The first-order valence-corrected chi connectivity index (χ1v) is 8.17. The zero-order valence-corrected chi connectivity index (χ0v) is 15.3. The maximum Gasteiger partial charge on any atom is 0.270 e. The third kappa shape index (κ3) is 4.73. The largest absolute Gasteiger partial charge is 0.495 e. The highest BCUT2D eigenvalue weighted by molar-refractivity contribution is 6.32. The summed E-state index contributed by atoms with van der Waals surface area (Å²) >= 11 is 6.10. The van der Waals surface area contributed by atoms with E-state index in [2.05, 4.69) is 20.6 Å². The number of amides is 1. The van der Waals surface area contributed by atoms with E-state index in [1.807, 2.05) is 13.8 Å². The minimum absolute atomic E-state index is 0.0690. The van der Waals surface area contributed by atoms with E-state index in [-0.39, 0.29) is 17.6 Å². The zero-order chi connectivity index (χ0) is 18.4. The van der Waals surface area contributed by atoms with Gasteiger partial charge < -0.3 is 20.1 Å². The molecule has 8 heteroatoms. The Morgan fingerprint density at radius 1 is 1.20 bits per heavy atom. The molecule has 134 valence electrons. The fraction of sp³-hybridized carbons (Fsp3) is 0.353. The number of rotatable bonds is 7. The van der Waals surface area contributed by atoms with Gasteiger partial charge in [0.05, 0.1) is 24.9 Å². The lowest BCUT2D eigenvalue weighted by molar-refractivity contribution is 0.0934. The molecule has 0 aliphatic rings. The maximum atomic E-state index is 12.2. The normalized spacial score (nSPS) is 11.6. The second kappa shape index (κ2) is 8.53. The Bertz CT molecular complexity index is 755. The zero-order valence-electron chi connectivity index (χ0n) is 14.6. The Balaban J connectivity index is 2.26. The number of halogens is 1. The van der Waals surface area contributed by atoms with Crippen molar-refractivity contribution in [3.63, 3.8) is 0 Å². The fourth-order valence-corrected chi connectivity index (χ4v) is 2.28. The van der Waals surface area contributed by atoms with Crippen LogP contribution in [0.1, 0.15) is 30.8 Å². The van der Waals surface area contributed by atoms with Gasteiger partial charge in [0.15, 0.2) is 0 Å². The van der Waals surface area contributed by atoms with E-state index in [0.717, 1.165) is 6.42 Å². The summed E-state index contributed by atoms with van der Waals surface area (Å²) in [6.45, 7) is 3.93. The molecule has 0 saturated heterocycles. The van der Waals surface area contributed by atoms with Crippen LogP contribution in [0, 0.1) is 0 Å². The number of benzene rings is 1. The topological polar surface area (TPSA) is 85.4 Å². The van der Waals surface area contributed by atoms with Crippen LogP contribution in [0.25, 0.3) is 0 Å². The second-order valence-corrected chi connectivity index (χ2v) is 5.79. The number of anilines is 2. The van der Waals surface area contributed by atoms with Crippen LogP contribution in [0.4, 0.5) is 11.5 Å². The van der Waals surface area contributed by atoms with Gasteiger partial charge in [-0.15, -0.1) is 0 Å². The molecule has 1 amide bonds. The standard InChI is InChI=1S/C17H21ClN4O3/c1-5-10(2)21-17(23)13-8-16(20-9-19-13)22-12-7-14(24-3)11(18)6-15(12)25-4/h6-10H,5H2,1-4H3,(H,21,23)(H,19,20,22). The molecule has 1 heterocycles. The summed E-state index contributed by atoms with van der Waals surface area (Å²) in [6, 6.07) is 4.97. The lowest BCUT2D eigenvalue weighted by Crippen LogP contribution is -2.32. The fourth-order valence-electron chi connectivity index (χ4n) is 2.05. The van der Waals surface area contributed by atoms with Crippen molar-refractivity contribution in [2.45, 2.75) is 26.3 Å². The SMILES string of the molecule is CCC(C)NC(=O)c1cc(Nc2cc(OC)c(Cl)cc2OC)ncn1. The molecule has 0 fully saturated rings. The summed E-state index contributed by atoms with van der Waals surface area (Å²) in [5.74, 6) is 1.22.